The summed E-state index contributed by atoms with van der Waals surface area (Å²) in [6.07, 6.45) is 0.163. The van der Waals surface area contributed by atoms with Crippen molar-refractivity contribution in [2.45, 2.75) is 13.0 Å². The number of fused-ring (bicyclic) bond motifs is 1. The zero-order chi connectivity index (χ0) is 16.2. The average Bonchev–Trinajstić information content (AvgIpc) is 2.96. The topological polar surface area (TPSA) is 38.3 Å². The van der Waals surface area contributed by atoms with Gasteiger partial charge < -0.3 is 10.1 Å². The van der Waals surface area contributed by atoms with Crippen molar-refractivity contribution in [3.63, 3.8) is 0 Å². The number of halogens is 2. The Morgan fingerprint density at radius 2 is 1.91 bits per heavy atom. The lowest BCUT2D eigenvalue weighted by molar-refractivity contribution is -0.115. The van der Waals surface area contributed by atoms with Crippen LogP contribution in [0.25, 0.3) is 10.1 Å². The Labute approximate surface area is 135 Å². The molecule has 0 saturated heterocycles. The molecule has 3 nitrogen and oxygen atoms in total. The van der Waals surface area contributed by atoms with Crippen molar-refractivity contribution >= 4 is 33.0 Å². The number of nitrogens with one attached hydrogen (secondary N) is 1. The normalized spacial score (nSPS) is 10.9. The molecule has 1 amide bonds. The van der Waals surface area contributed by atoms with Crippen molar-refractivity contribution in [3.8, 4) is 5.75 Å². The number of thiophene rings is 1. The number of carbonyl (C=O) groups excluding carboxylic acids is 1. The molecule has 3 rings (SSSR count). The van der Waals surface area contributed by atoms with E-state index in [0.29, 0.717) is 0 Å². The summed E-state index contributed by atoms with van der Waals surface area (Å²) in [5.74, 6) is -0.0887. The molecule has 3 aromatic rings. The van der Waals surface area contributed by atoms with Crippen LogP contribution in [0.3, 0.4) is 0 Å². The molecule has 1 N–H and O–H groups in total. The molecule has 0 spiro atoms. The third kappa shape index (κ3) is 4.04. The predicted molar refractivity (Wildman–Crippen MR) is 87.2 cm³/mol. The van der Waals surface area contributed by atoms with Gasteiger partial charge in [-0.2, -0.15) is 8.78 Å². The van der Waals surface area contributed by atoms with Crippen LogP contribution in [0, 0.1) is 0 Å². The Hall–Kier alpha value is -2.47. The Kier molecular flexibility index (Phi) is 4.52. The molecule has 0 unspecified atom stereocenters. The van der Waals surface area contributed by atoms with E-state index in [1.165, 1.54) is 12.1 Å². The van der Waals surface area contributed by atoms with Gasteiger partial charge in [0.05, 0.1) is 6.42 Å². The summed E-state index contributed by atoms with van der Waals surface area (Å²) in [6, 6.07) is 13.8. The fraction of sp³-hybridized carbons (Fsp3) is 0.118. The van der Waals surface area contributed by atoms with Crippen molar-refractivity contribution < 1.29 is 18.3 Å². The lowest BCUT2D eigenvalue weighted by Crippen LogP contribution is -2.14. The minimum absolute atomic E-state index is 0.0760. The van der Waals surface area contributed by atoms with Gasteiger partial charge in [-0.05, 0) is 52.7 Å². The highest BCUT2D eigenvalue weighted by molar-refractivity contribution is 7.17. The number of carbonyl (C=O) groups is 1. The zero-order valence-electron chi connectivity index (χ0n) is 12.0. The Morgan fingerprint density at radius 3 is 2.65 bits per heavy atom. The first kappa shape index (κ1) is 15.4. The summed E-state index contributed by atoms with van der Waals surface area (Å²) in [6.45, 7) is -2.85. The van der Waals surface area contributed by atoms with Crippen LogP contribution >= 0.6 is 11.3 Å². The number of anilines is 1. The maximum absolute atomic E-state index is 12.1. The summed E-state index contributed by atoms with van der Waals surface area (Å²) in [5.41, 5.74) is 1.46. The number of alkyl halides is 2. The molecule has 1 aromatic heterocycles. The molecule has 0 fully saturated rings. The van der Waals surface area contributed by atoms with Crippen LogP contribution in [0.1, 0.15) is 5.56 Å². The standard InChI is InChI=1S/C17H13F2NO2S/c18-17(19)22-14-4-1-11(2-5-14)9-16(21)20-13-3-6-15-12(10-13)7-8-23-15/h1-8,10,17H,9H2,(H,20,21). The minimum atomic E-state index is -2.85. The second-order valence-corrected chi connectivity index (χ2v) is 5.87. The Balaban J connectivity index is 1.62. The molecular formula is C17H13F2NO2S. The van der Waals surface area contributed by atoms with Crippen molar-refractivity contribution in [3.05, 3.63) is 59.5 Å². The van der Waals surface area contributed by atoms with Gasteiger partial charge in [-0.15, -0.1) is 11.3 Å². The Bertz CT molecular complexity index is 815. The summed E-state index contributed by atoms with van der Waals surface area (Å²) >= 11 is 1.65. The van der Waals surface area contributed by atoms with Gasteiger partial charge >= 0.3 is 6.61 Å². The largest absolute Gasteiger partial charge is 0.435 e. The zero-order valence-corrected chi connectivity index (χ0v) is 12.8. The van der Waals surface area contributed by atoms with Gasteiger partial charge in [-0.1, -0.05) is 12.1 Å². The molecule has 0 radical (unpaired) electrons. The first-order valence-corrected chi connectivity index (χ1v) is 7.79. The summed E-state index contributed by atoms with van der Waals surface area (Å²) in [4.78, 5) is 12.1. The third-order valence-electron chi connectivity index (χ3n) is 3.25. The van der Waals surface area contributed by atoms with Crippen LogP contribution in [-0.4, -0.2) is 12.5 Å². The maximum Gasteiger partial charge on any atom is 0.387 e. The van der Waals surface area contributed by atoms with Gasteiger partial charge in [0.25, 0.3) is 0 Å². The van der Waals surface area contributed by atoms with E-state index in [4.69, 9.17) is 0 Å². The van der Waals surface area contributed by atoms with Crippen LogP contribution in [-0.2, 0) is 11.2 Å². The van der Waals surface area contributed by atoms with E-state index >= 15 is 0 Å². The number of rotatable bonds is 5. The fourth-order valence-electron chi connectivity index (χ4n) is 2.22. The van der Waals surface area contributed by atoms with Crippen molar-refractivity contribution in [1.29, 1.82) is 0 Å². The molecule has 0 aliphatic rings. The summed E-state index contributed by atoms with van der Waals surface area (Å²) in [7, 11) is 0. The smallest absolute Gasteiger partial charge is 0.387 e. The molecule has 118 valence electrons. The van der Waals surface area contributed by atoms with Crippen molar-refractivity contribution in [2.75, 3.05) is 5.32 Å². The number of benzene rings is 2. The third-order valence-corrected chi connectivity index (χ3v) is 4.15. The molecule has 23 heavy (non-hydrogen) atoms. The second-order valence-electron chi connectivity index (χ2n) is 4.92. The van der Waals surface area contributed by atoms with Gasteiger partial charge in [-0.25, -0.2) is 0 Å². The highest BCUT2D eigenvalue weighted by Gasteiger charge is 2.07. The summed E-state index contributed by atoms with van der Waals surface area (Å²) < 4.78 is 29.6. The van der Waals surface area contributed by atoms with Crippen molar-refractivity contribution in [2.24, 2.45) is 0 Å². The Morgan fingerprint density at radius 1 is 1.13 bits per heavy atom. The first-order chi connectivity index (χ1) is 11.1. The van der Waals surface area contributed by atoms with E-state index in [1.54, 1.807) is 23.5 Å². The van der Waals surface area contributed by atoms with Gasteiger partial charge in [0.2, 0.25) is 5.91 Å². The summed E-state index contributed by atoms with van der Waals surface area (Å²) in [5, 5.41) is 5.92. The highest BCUT2D eigenvalue weighted by Crippen LogP contribution is 2.24. The minimum Gasteiger partial charge on any atom is -0.435 e. The van der Waals surface area contributed by atoms with Crippen LogP contribution in [0.15, 0.2) is 53.9 Å². The van der Waals surface area contributed by atoms with Gasteiger partial charge in [0, 0.05) is 10.4 Å². The average molecular weight is 333 g/mol. The van der Waals surface area contributed by atoms with Gasteiger partial charge in [-0.3, -0.25) is 4.79 Å². The van der Waals surface area contributed by atoms with E-state index in [-0.39, 0.29) is 18.1 Å². The lowest BCUT2D eigenvalue weighted by atomic mass is 10.1. The molecule has 6 heteroatoms. The van der Waals surface area contributed by atoms with Crippen LogP contribution in [0.2, 0.25) is 0 Å². The molecular weight excluding hydrogens is 320 g/mol. The van der Waals surface area contributed by atoms with Crippen molar-refractivity contribution in [1.82, 2.24) is 0 Å². The number of amides is 1. The maximum atomic E-state index is 12.1. The fourth-order valence-corrected chi connectivity index (χ4v) is 2.99. The number of hydrogen-bond acceptors (Lipinski definition) is 3. The molecule has 0 bridgehead atoms. The quantitative estimate of drug-likeness (QED) is 0.736. The van der Waals surface area contributed by atoms with E-state index in [2.05, 4.69) is 10.1 Å². The first-order valence-electron chi connectivity index (χ1n) is 6.91. The van der Waals surface area contributed by atoms with E-state index in [0.717, 1.165) is 21.3 Å². The molecule has 0 aliphatic heterocycles. The van der Waals surface area contributed by atoms with Crippen LogP contribution in [0.5, 0.6) is 5.75 Å². The van der Waals surface area contributed by atoms with E-state index < -0.39 is 6.61 Å². The molecule has 1 heterocycles. The van der Waals surface area contributed by atoms with E-state index in [1.807, 2.05) is 29.6 Å². The second kappa shape index (κ2) is 6.75. The molecule has 2 aromatic carbocycles. The molecule has 0 aliphatic carbocycles. The van der Waals surface area contributed by atoms with Crippen LogP contribution in [0.4, 0.5) is 14.5 Å². The molecule has 0 saturated carbocycles. The van der Waals surface area contributed by atoms with Crippen LogP contribution < -0.4 is 10.1 Å². The van der Waals surface area contributed by atoms with Gasteiger partial charge in [0.1, 0.15) is 5.75 Å². The predicted octanol–water partition coefficient (Wildman–Crippen LogP) is 4.68. The van der Waals surface area contributed by atoms with E-state index in [9.17, 15) is 13.6 Å². The number of hydrogen-bond donors (Lipinski definition) is 1. The lowest BCUT2D eigenvalue weighted by Gasteiger charge is -2.07. The SMILES string of the molecule is O=C(Cc1ccc(OC(F)F)cc1)Nc1ccc2sccc2c1. The van der Waals surface area contributed by atoms with Gasteiger partial charge in [0.15, 0.2) is 0 Å². The number of ether oxygens (including phenoxy) is 1. The highest BCUT2D eigenvalue weighted by atomic mass is 32.1. The monoisotopic (exact) mass is 333 g/mol. The molecule has 0 atom stereocenters.